The van der Waals surface area contributed by atoms with Crippen molar-refractivity contribution in [1.29, 1.82) is 0 Å². The van der Waals surface area contributed by atoms with Crippen molar-refractivity contribution in [3.63, 3.8) is 0 Å². The normalized spacial score (nSPS) is 21.0. The molecule has 3 atom stereocenters. The molecule has 3 aromatic heterocycles. The molecule has 0 unspecified atom stereocenters. The highest BCUT2D eigenvalue weighted by atomic mass is 19.1. The number of aliphatic carboxylic acids is 1. The Morgan fingerprint density at radius 1 is 1.17 bits per heavy atom. The molecule has 1 N–H and O–H groups in total. The van der Waals surface area contributed by atoms with Crippen LogP contribution < -0.4 is 0 Å². The van der Waals surface area contributed by atoms with Gasteiger partial charge in [0.2, 0.25) is 0 Å². The zero-order valence-corrected chi connectivity index (χ0v) is 20.1. The Kier molecular flexibility index (Phi) is 5.17. The lowest BCUT2D eigenvalue weighted by Gasteiger charge is -2.34. The van der Waals surface area contributed by atoms with Crippen molar-refractivity contribution in [2.75, 3.05) is 6.54 Å². The van der Waals surface area contributed by atoms with Gasteiger partial charge in [-0.3, -0.25) is 9.59 Å². The highest BCUT2D eigenvalue weighted by Crippen LogP contribution is 2.48. The van der Waals surface area contributed by atoms with Gasteiger partial charge in [0, 0.05) is 42.3 Å². The van der Waals surface area contributed by atoms with Gasteiger partial charge in [0.1, 0.15) is 11.5 Å². The molecule has 0 saturated heterocycles. The van der Waals surface area contributed by atoms with Crippen molar-refractivity contribution >= 4 is 17.5 Å². The average Bonchev–Trinajstić information content (AvgIpc) is 3.33. The summed E-state index contributed by atoms with van der Waals surface area (Å²) in [7, 11) is 0. The number of carboxylic acid groups (broad SMARTS) is 1. The van der Waals surface area contributed by atoms with Gasteiger partial charge in [-0.25, -0.2) is 13.9 Å². The molecule has 0 radical (unpaired) electrons. The van der Waals surface area contributed by atoms with Gasteiger partial charge in [-0.2, -0.15) is 5.10 Å². The molecule has 1 amide bonds. The Hall–Kier alpha value is -4.01. The fourth-order valence-electron chi connectivity index (χ4n) is 5.34. The van der Waals surface area contributed by atoms with E-state index in [1.807, 2.05) is 37.1 Å². The predicted molar refractivity (Wildman–Crippen MR) is 130 cm³/mol. The number of carbonyl (C=O) groups excluding carboxylic acids is 1. The molecule has 6 rings (SSSR count). The van der Waals surface area contributed by atoms with Crippen LogP contribution in [-0.2, 0) is 17.8 Å². The van der Waals surface area contributed by atoms with E-state index in [-0.39, 0.29) is 17.9 Å². The number of fused-ring (bicyclic) bond motifs is 2. The fourth-order valence-corrected chi connectivity index (χ4v) is 5.34. The van der Waals surface area contributed by atoms with E-state index >= 15 is 4.39 Å². The Morgan fingerprint density at radius 3 is 2.72 bits per heavy atom. The van der Waals surface area contributed by atoms with Gasteiger partial charge in [-0.15, -0.1) is 0 Å². The first kappa shape index (κ1) is 22.5. The van der Waals surface area contributed by atoms with Crippen molar-refractivity contribution in [1.82, 2.24) is 24.1 Å². The highest BCUT2D eigenvalue weighted by molar-refractivity contribution is 5.93. The maximum absolute atomic E-state index is 15.1. The largest absolute Gasteiger partial charge is 0.481 e. The number of amides is 1. The summed E-state index contributed by atoms with van der Waals surface area (Å²) >= 11 is 0. The molecule has 1 fully saturated rings. The third kappa shape index (κ3) is 3.57. The van der Waals surface area contributed by atoms with E-state index in [0.717, 1.165) is 17.9 Å². The van der Waals surface area contributed by atoms with E-state index in [9.17, 15) is 9.59 Å². The summed E-state index contributed by atoms with van der Waals surface area (Å²) in [6, 6.07) is 12.2. The number of halogens is 1. The Balaban J connectivity index is 1.33. The van der Waals surface area contributed by atoms with Crippen LogP contribution in [0.5, 0.6) is 0 Å². The van der Waals surface area contributed by atoms with Crippen LogP contribution in [0, 0.1) is 11.7 Å². The van der Waals surface area contributed by atoms with Gasteiger partial charge in [-0.1, -0.05) is 13.0 Å². The minimum absolute atomic E-state index is 0.0652. The summed E-state index contributed by atoms with van der Waals surface area (Å²) in [5.41, 5.74) is 4.16. The number of aromatic nitrogens is 4. The fraction of sp³-hybridized carbons (Fsp3) is 0.333. The molecule has 1 aliphatic carbocycles. The second-order valence-electron chi connectivity index (χ2n) is 9.61. The smallest absolute Gasteiger partial charge is 0.307 e. The maximum atomic E-state index is 15.1. The number of benzene rings is 1. The van der Waals surface area contributed by atoms with Crippen LogP contribution in [-0.4, -0.2) is 47.6 Å². The van der Waals surface area contributed by atoms with E-state index in [2.05, 4.69) is 14.6 Å². The monoisotopic (exact) mass is 487 g/mol. The molecule has 0 bridgehead atoms. The zero-order chi connectivity index (χ0) is 25.1. The van der Waals surface area contributed by atoms with Gasteiger partial charge in [0.15, 0.2) is 5.65 Å². The lowest BCUT2D eigenvalue weighted by Crippen LogP contribution is -2.41. The predicted octanol–water partition coefficient (Wildman–Crippen LogP) is 4.30. The maximum Gasteiger partial charge on any atom is 0.307 e. The second-order valence-corrected chi connectivity index (χ2v) is 9.61. The molecule has 9 heteroatoms. The first-order valence-corrected chi connectivity index (χ1v) is 12.2. The molecule has 4 heterocycles. The van der Waals surface area contributed by atoms with E-state index in [0.29, 0.717) is 47.5 Å². The summed E-state index contributed by atoms with van der Waals surface area (Å²) in [6.07, 6.45) is 3.19. The number of aryl methyl sites for hydroxylation is 1. The van der Waals surface area contributed by atoms with Crippen LogP contribution in [0.1, 0.15) is 59.7 Å². The molecular weight excluding hydrogens is 461 g/mol. The zero-order valence-electron chi connectivity index (χ0n) is 20.1. The Morgan fingerprint density at radius 2 is 2.00 bits per heavy atom. The molecule has 1 saturated carbocycles. The van der Waals surface area contributed by atoms with E-state index < -0.39 is 17.7 Å². The summed E-state index contributed by atoms with van der Waals surface area (Å²) in [4.78, 5) is 31.1. The van der Waals surface area contributed by atoms with Crippen molar-refractivity contribution in [3.8, 4) is 11.3 Å². The molecule has 36 heavy (non-hydrogen) atoms. The average molecular weight is 488 g/mol. The first-order chi connectivity index (χ1) is 17.4. The summed E-state index contributed by atoms with van der Waals surface area (Å²) in [5, 5.41) is 13.8. The van der Waals surface area contributed by atoms with Crippen LogP contribution in [0.4, 0.5) is 4.39 Å². The molecule has 1 aliphatic heterocycles. The highest BCUT2D eigenvalue weighted by Gasteiger charge is 2.44. The van der Waals surface area contributed by atoms with Crippen LogP contribution in [0.25, 0.3) is 16.9 Å². The van der Waals surface area contributed by atoms with Gasteiger partial charge in [0.05, 0.1) is 17.7 Å². The quantitative estimate of drug-likeness (QED) is 0.453. The van der Waals surface area contributed by atoms with Crippen molar-refractivity contribution < 1.29 is 19.1 Å². The second kappa shape index (κ2) is 8.29. The van der Waals surface area contributed by atoms with Crippen molar-refractivity contribution in [2.24, 2.45) is 5.92 Å². The third-order valence-corrected chi connectivity index (χ3v) is 7.49. The van der Waals surface area contributed by atoms with Gasteiger partial charge in [-0.05, 0) is 61.6 Å². The van der Waals surface area contributed by atoms with Crippen LogP contribution in [0.15, 0.2) is 48.7 Å². The molecule has 8 nitrogen and oxygen atoms in total. The Labute approximate surface area is 207 Å². The molecule has 4 aromatic rings. The minimum Gasteiger partial charge on any atom is -0.481 e. The van der Waals surface area contributed by atoms with Crippen molar-refractivity contribution in [3.05, 3.63) is 77.1 Å². The van der Waals surface area contributed by atoms with Crippen LogP contribution in [0.2, 0.25) is 0 Å². The minimum atomic E-state index is -0.846. The SMILES string of the molecule is CCc1cc(C(=O)N2CCn3cccc3[C@@H]2C)nc2cc(-c3ccc([C@H]4C[C@@H]4C(=O)O)cc3F)nn12. The number of carboxylic acids is 1. The summed E-state index contributed by atoms with van der Waals surface area (Å²) in [6.45, 7) is 5.33. The molecular formula is C27H26FN5O3. The molecule has 0 spiro atoms. The van der Waals surface area contributed by atoms with E-state index in [1.54, 1.807) is 28.8 Å². The van der Waals surface area contributed by atoms with E-state index in [4.69, 9.17) is 5.11 Å². The topological polar surface area (TPSA) is 92.7 Å². The van der Waals surface area contributed by atoms with Crippen LogP contribution in [0.3, 0.4) is 0 Å². The number of hydrogen-bond donors (Lipinski definition) is 1. The first-order valence-electron chi connectivity index (χ1n) is 12.2. The van der Waals surface area contributed by atoms with Gasteiger partial charge >= 0.3 is 5.97 Å². The molecule has 184 valence electrons. The molecule has 2 aliphatic rings. The van der Waals surface area contributed by atoms with E-state index in [1.165, 1.54) is 6.07 Å². The lowest BCUT2D eigenvalue weighted by molar-refractivity contribution is -0.138. The van der Waals surface area contributed by atoms with Gasteiger partial charge < -0.3 is 14.6 Å². The Bertz CT molecular complexity index is 1520. The van der Waals surface area contributed by atoms with Gasteiger partial charge in [0.25, 0.3) is 5.91 Å². The lowest BCUT2D eigenvalue weighted by atomic mass is 10.0. The number of rotatable bonds is 5. The standard InChI is InChI=1S/C27H26FN5O3/c1-3-17-12-23(26(34)32-10-9-31-8-4-5-24(31)15(32)2)29-25-14-22(30-33(17)25)18-7-6-16(11-21(18)28)19-13-20(19)27(35)36/h4-8,11-12,14-15,19-20H,3,9-10,13H2,1-2H3,(H,35,36)/t15-,19+,20-/m0/s1. The van der Waals surface area contributed by atoms with Crippen molar-refractivity contribution in [2.45, 2.75) is 45.2 Å². The van der Waals surface area contributed by atoms with Crippen LogP contribution >= 0.6 is 0 Å². The number of carbonyl (C=O) groups is 2. The number of nitrogens with zero attached hydrogens (tertiary/aromatic N) is 5. The molecule has 1 aromatic carbocycles. The number of hydrogen-bond acceptors (Lipinski definition) is 4. The third-order valence-electron chi connectivity index (χ3n) is 7.49. The summed E-state index contributed by atoms with van der Waals surface area (Å²) in [5.74, 6) is -2.02. The summed E-state index contributed by atoms with van der Waals surface area (Å²) < 4.78 is 18.9.